The molecule has 1 aliphatic rings. The summed E-state index contributed by atoms with van der Waals surface area (Å²) in [6.07, 6.45) is 4.69. The Morgan fingerprint density at radius 2 is 2.27 bits per heavy atom. The molecule has 0 heterocycles. The molecule has 3 atom stereocenters. The highest BCUT2D eigenvalue weighted by Crippen LogP contribution is 2.42. The average molecular weight is 156 g/mol. The maximum Gasteiger partial charge on any atom is 0.00675 e. The predicted octanol–water partition coefficient (Wildman–Crippen LogP) is 1.24. The molecule has 0 amide bonds. The van der Waals surface area contributed by atoms with Gasteiger partial charge < -0.3 is 11.5 Å². The van der Waals surface area contributed by atoms with Gasteiger partial charge in [0.2, 0.25) is 0 Å². The highest BCUT2D eigenvalue weighted by molar-refractivity contribution is 4.94. The van der Waals surface area contributed by atoms with Crippen LogP contribution in [0.15, 0.2) is 0 Å². The minimum atomic E-state index is 0.307. The number of nitrogens with two attached hydrogens (primary N) is 2. The minimum Gasteiger partial charge on any atom is -0.328 e. The maximum absolute atomic E-state index is 5.95. The number of hydrogen-bond donors (Lipinski definition) is 2. The van der Waals surface area contributed by atoms with Crippen molar-refractivity contribution in [1.29, 1.82) is 0 Å². The van der Waals surface area contributed by atoms with E-state index < -0.39 is 0 Å². The van der Waals surface area contributed by atoms with Crippen molar-refractivity contribution < 1.29 is 0 Å². The standard InChI is InChI=1S/C9H20N2/c1-3-9(7(2)10)5-4-8(11)6-9/h7-8H,3-6,10-11H2,1-2H3. The fraction of sp³-hybridized carbons (Fsp3) is 1.00. The molecule has 1 fully saturated rings. The van der Waals surface area contributed by atoms with Gasteiger partial charge in [0.05, 0.1) is 0 Å². The van der Waals surface area contributed by atoms with Gasteiger partial charge in [-0.05, 0) is 38.0 Å². The summed E-state index contributed by atoms with van der Waals surface area (Å²) in [7, 11) is 0. The van der Waals surface area contributed by atoms with Crippen LogP contribution in [0.3, 0.4) is 0 Å². The van der Waals surface area contributed by atoms with Gasteiger partial charge in [0, 0.05) is 12.1 Å². The quantitative estimate of drug-likeness (QED) is 0.632. The van der Waals surface area contributed by atoms with Crippen LogP contribution in [0, 0.1) is 5.41 Å². The summed E-state index contributed by atoms with van der Waals surface area (Å²) in [4.78, 5) is 0. The Morgan fingerprint density at radius 3 is 2.45 bits per heavy atom. The zero-order valence-electron chi connectivity index (χ0n) is 7.64. The zero-order chi connectivity index (χ0) is 8.48. The molecule has 11 heavy (non-hydrogen) atoms. The van der Waals surface area contributed by atoms with Crippen LogP contribution in [0.25, 0.3) is 0 Å². The molecule has 0 bridgehead atoms. The normalized spacial score (nSPS) is 40.9. The topological polar surface area (TPSA) is 52.0 Å². The van der Waals surface area contributed by atoms with Crippen molar-refractivity contribution in [3.05, 3.63) is 0 Å². The van der Waals surface area contributed by atoms with E-state index >= 15 is 0 Å². The molecule has 0 aromatic rings. The SMILES string of the molecule is CCC1(C(C)N)CCC(N)C1. The summed E-state index contributed by atoms with van der Waals surface area (Å²) in [6.45, 7) is 4.34. The molecule has 1 rings (SSSR count). The van der Waals surface area contributed by atoms with Gasteiger partial charge in [-0.3, -0.25) is 0 Å². The molecule has 3 unspecified atom stereocenters. The first kappa shape index (κ1) is 9.01. The second-order valence-electron chi connectivity index (χ2n) is 4.01. The van der Waals surface area contributed by atoms with E-state index in [1.54, 1.807) is 0 Å². The Labute approximate surface area is 69.3 Å². The summed E-state index contributed by atoms with van der Waals surface area (Å²) >= 11 is 0. The summed E-state index contributed by atoms with van der Waals surface area (Å²) in [6, 6.07) is 0.710. The first-order valence-electron chi connectivity index (χ1n) is 4.62. The van der Waals surface area contributed by atoms with E-state index in [1.807, 2.05) is 0 Å². The largest absolute Gasteiger partial charge is 0.328 e. The van der Waals surface area contributed by atoms with Crippen LogP contribution >= 0.6 is 0 Å². The molecule has 4 N–H and O–H groups in total. The summed E-state index contributed by atoms with van der Waals surface area (Å²) in [5.41, 5.74) is 12.2. The molecule has 0 radical (unpaired) electrons. The molecule has 2 nitrogen and oxygen atoms in total. The van der Waals surface area contributed by atoms with Crippen LogP contribution in [0.5, 0.6) is 0 Å². The monoisotopic (exact) mass is 156 g/mol. The third kappa shape index (κ3) is 1.57. The Hall–Kier alpha value is -0.0800. The molecule has 66 valence electrons. The molecule has 0 spiro atoms. The molecule has 0 saturated heterocycles. The van der Waals surface area contributed by atoms with Crippen molar-refractivity contribution in [3.8, 4) is 0 Å². The third-order valence-electron chi connectivity index (χ3n) is 3.35. The Morgan fingerprint density at radius 1 is 1.64 bits per heavy atom. The van der Waals surface area contributed by atoms with Crippen molar-refractivity contribution in [2.75, 3.05) is 0 Å². The zero-order valence-corrected chi connectivity index (χ0v) is 7.64. The van der Waals surface area contributed by atoms with Crippen molar-refractivity contribution in [3.63, 3.8) is 0 Å². The molecule has 0 aromatic heterocycles. The number of rotatable bonds is 2. The second kappa shape index (κ2) is 3.11. The van der Waals surface area contributed by atoms with E-state index in [-0.39, 0.29) is 0 Å². The van der Waals surface area contributed by atoms with Crippen LogP contribution in [0.1, 0.15) is 39.5 Å². The van der Waals surface area contributed by atoms with Crippen molar-refractivity contribution >= 4 is 0 Å². The van der Waals surface area contributed by atoms with Crippen molar-refractivity contribution in [2.45, 2.75) is 51.6 Å². The van der Waals surface area contributed by atoms with E-state index in [9.17, 15) is 0 Å². The van der Waals surface area contributed by atoms with E-state index in [2.05, 4.69) is 13.8 Å². The van der Waals surface area contributed by atoms with Gasteiger partial charge in [0.15, 0.2) is 0 Å². The fourth-order valence-corrected chi connectivity index (χ4v) is 2.26. The number of hydrogen-bond acceptors (Lipinski definition) is 2. The summed E-state index contributed by atoms with van der Waals surface area (Å²) in [5.74, 6) is 0. The minimum absolute atomic E-state index is 0.307. The summed E-state index contributed by atoms with van der Waals surface area (Å²) in [5, 5.41) is 0. The molecular formula is C9H20N2. The first-order chi connectivity index (χ1) is 5.10. The van der Waals surface area contributed by atoms with Crippen LogP contribution in [-0.2, 0) is 0 Å². The van der Waals surface area contributed by atoms with E-state index in [4.69, 9.17) is 11.5 Å². The molecule has 0 aliphatic heterocycles. The molecule has 1 aliphatic carbocycles. The Bertz CT molecular complexity index is 134. The Kier molecular flexibility index (Phi) is 2.55. The lowest BCUT2D eigenvalue weighted by atomic mass is 9.77. The van der Waals surface area contributed by atoms with Crippen LogP contribution in [0.4, 0.5) is 0 Å². The van der Waals surface area contributed by atoms with Gasteiger partial charge in [-0.25, -0.2) is 0 Å². The lowest BCUT2D eigenvalue weighted by Crippen LogP contribution is -2.38. The van der Waals surface area contributed by atoms with Crippen molar-refractivity contribution in [1.82, 2.24) is 0 Å². The van der Waals surface area contributed by atoms with E-state index in [0.29, 0.717) is 17.5 Å². The Balaban J connectivity index is 2.62. The average Bonchev–Trinajstić information content (AvgIpc) is 2.33. The first-order valence-corrected chi connectivity index (χ1v) is 4.62. The van der Waals surface area contributed by atoms with E-state index in [1.165, 1.54) is 12.8 Å². The van der Waals surface area contributed by atoms with Crippen molar-refractivity contribution in [2.24, 2.45) is 16.9 Å². The van der Waals surface area contributed by atoms with Gasteiger partial charge in [-0.15, -0.1) is 0 Å². The lowest BCUT2D eigenvalue weighted by molar-refractivity contribution is 0.230. The fourth-order valence-electron chi connectivity index (χ4n) is 2.26. The van der Waals surface area contributed by atoms with Gasteiger partial charge in [0.1, 0.15) is 0 Å². The van der Waals surface area contributed by atoms with Crippen LogP contribution < -0.4 is 11.5 Å². The van der Waals surface area contributed by atoms with Crippen LogP contribution in [0.2, 0.25) is 0 Å². The summed E-state index contributed by atoms with van der Waals surface area (Å²) < 4.78 is 0. The van der Waals surface area contributed by atoms with Gasteiger partial charge in [-0.1, -0.05) is 6.92 Å². The third-order valence-corrected chi connectivity index (χ3v) is 3.35. The van der Waals surface area contributed by atoms with Crippen LogP contribution in [-0.4, -0.2) is 12.1 Å². The van der Waals surface area contributed by atoms with E-state index in [0.717, 1.165) is 12.8 Å². The van der Waals surface area contributed by atoms with Gasteiger partial charge >= 0.3 is 0 Å². The van der Waals surface area contributed by atoms with Gasteiger partial charge in [-0.2, -0.15) is 0 Å². The highest BCUT2D eigenvalue weighted by Gasteiger charge is 2.38. The smallest absolute Gasteiger partial charge is 0.00675 e. The molecule has 2 heteroatoms. The molecule has 1 saturated carbocycles. The predicted molar refractivity (Wildman–Crippen MR) is 48.2 cm³/mol. The lowest BCUT2D eigenvalue weighted by Gasteiger charge is -2.32. The maximum atomic E-state index is 5.95. The molecular weight excluding hydrogens is 136 g/mol. The molecule has 0 aromatic carbocycles. The highest BCUT2D eigenvalue weighted by atomic mass is 14.7. The second-order valence-corrected chi connectivity index (χ2v) is 4.01. The van der Waals surface area contributed by atoms with Gasteiger partial charge in [0.25, 0.3) is 0 Å².